The average molecular weight is 202 g/mol. The Morgan fingerprint density at radius 3 is 2.57 bits per heavy atom. The number of nitrogens with zero attached hydrogens (tertiary/aromatic N) is 1. The van der Waals surface area contributed by atoms with Gasteiger partial charge >= 0.3 is 6.18 Å². The predicted molar refractivity (Wildman–Crippen MR) is 44.0 cm³/mol. The summed E-state index contributed by atoms with van der Waals surface area (Å²) in [6.45, 7) is 1.47. The van der Waals surface area contributed by atoms with Gasteiger partial charge in [-0.1, -0.05) is 6.92 Å². The molecule has 3 nitrogen and oxygen atoms in total. The molecule has 0 aromatic carbocycles. The Labute approximate surface area is 78.7 Å². The van der Waals surface area contributed by atoms with Crippen molar-refractivity contribution in [3.8, 4) is 0 Å². The van der Waals surface area contributed by atoms with Crippen molar-refractivity contribution >= 4 is 7.85 Å². The van der Waals surface area contributed by atoms with Crippen molar-refractivity contribution < 1.29 is 13.2 Å². The fraction of sp³-hybridized carbons (Fsp3) is 0.429. The minimum absolute atomic E-state index is 0.00285. The van der Waals surface area contributed by atoms with Gasteiger partial charge in [-0.2, -0.15) is 18.3 Å². The number of hydrogen-bond donors (Lipinski definition) is 1. The largest absolute Gasteiger partial charge is 0.421 e. The minimum atomic E-state index is -4.68. The molecule has 1 aromatic rings. The van der Waals surface area contributed by atoms with Crippen molar-refractivity contribution in [3.63, 3.8) is 0 Å². The summed E-state index contributed by atoms with van der Waals surface area (Å²) >= 11 is 0. The van der Waals surface area contributed by atoms with Crippen molar-refractivity contribution in [3.05, 3.63) is 27.7 Å². The molecule has 0 saturated carbocycles. The smallest absolute Gasteiger partial charge is 0.267 e. The van der Waals surface area contributed by atoms with Gasteiger partial charge < -0.3 is 0 Å². The number of halogens is 3. The molecular formula is C7H6BF3N2O. The molecule has 1 rings (SSSR count). The topological polar surface area (TPSA) is 45.8 Å². The molecule has 7 heteroatoms. The van der Waals surface area contributed by atoms with E-state index in [1.54, 1.807) is 5.10 Å². The van der Waals surface area contributed by atoms with Crippen LogP contribution in [0.15, 0.2) is 10.9 Å². The molecule has 0 bridgehead atoms. The summed E-state index contributed by atoms with van der Waals surface area (Å²) in [7, 11) is 5.32. The first kappa shape index (κ1) is 10.8. The van der Waals surface area contributed by atoms with E-state index >= 15 is 0 Å². The van der Waals surface area contributed by atoms with E-state index in [1.807, 2.05) is 0 Å². The van der Waals surface area contributed by atoms with Gasteiger partial charge in [0.1, 0.15) is 5.56 Å². The zero-order valence-electron chi connectivity index (χ0n) is 7.22. The standard InChI is InChI=1S/C7H6BF3N2O/c1-3(8)5-2-4(7(9,10)11)6(14)13-12-5/h2-3H,1H3,(H,13,14). The van der Waals surface area contributed by atoms with Crippen LogP contribution in [0.3, 0.4) is 0 Å². The Bertz CT molecular complexity index is 385. The highest BCUT2D eigenvalue weighted by Gasteiger charge is 2.34. The van der Waals surface area contributed by atoms with Crippen LogP contribution in [0, 0.1) is 0 Å². The molecular weight excluding hydrogens is 196 g/mol. The third-order valence-electron chi connectivity index (χ3n) is 1.60. The van der Waals surface area contributed by atoms with E-state index in [2.05, 4.69) is 5.10 Å². The number of hydrogen-bond acceptors (Lipinski definition) is 2. The van der Waals surface area contributed by atoms with Crippen LogP contribution in [-0.2, 0) is 6.18 Å². The summed E-state index contributed by atoms with van der Waals surface area (Å²) in [4.78, 5) is 10.8. The van der Waals surface area contributed by atoms with E-state index in [4.69, 9.17) is 7.85 Å². The van der Waals surface area contributed by atoms with E-state index in [1.165, 1.54) is 6.92 Å². The van der Waals surface area contributed by atoms with Crippen LogP contribution in [0.25, 0.3) is 0 Å². The van der Waals surface area contributed by atoms with E-state index in [-0.39, 0.29) is 5.69 Å². The second kappa shape index (κ2) is 3.47. The molecule has 14 heavy (non-hydrogen) atoms. The maximum absolute atomic E-state index is 12.2. The van der Waals surface area contributed by atoms with Gasteiger partial charge in [0.2, 0.25) is 0 Å². The molecule has 74 valence electrons. The third-order valence-corrected chi connectivity index (χ3v) is 1.60. The van der Waals surface area contributed by atoms with Crippen LogP contribution < -0.4 is 5.56 Å². The monoisotopic (exact) mass is 202 g/mol. The summed E-state index contributed by atoms with van der Waals surface area (Å²) in [6, 6.07) is 0.656. The summed E-state index contributed by atoms with van der Waals surface area (Å²) in [5.41, 5.74) is -2.54. The van der Waals surface area contributed by atoms with Crippen LogP contribution in [0.2, 0.25) is 0 Å². The number of nitrogens with one attached hydrogen (secondary N) is 1. The molecule has 0 fully saturated rings. The Kier molecular flexibility index (Phi) is 2.68. The van der Waals surface area contributed by atoms with Gasteiger partial charge in [-0.25, -0.2) is 5.10 Å². The van der Waals surface area contributed by atoms with Crippen LogP contribution in [0.4, 0.5) is 13.2 Å². The first-order valence-electron chi connectivity index (χ1n) is 3.74. The van der Waals surface area contributed by atoms with Gasteiger partial charge in [0.25, 0.3) is 5.56 Å². The lowest BCUT2D eigenvalue weighted by Crippen LogP contribution is -2.23. The maximum atomic E-state index is 12.2. The van der Waals surface area contributed by atoms with Crippen LogP contribution in [0.1, 0.15) is 24.0 Å². The second-order valence-electron chi connectivity index (χ2n) is 2.82. The van der Waals surface area contributed by atoms with Gasteiger partial charge in [-0.15, -0.1) is 0 Å². The quantitative estimate of drug-likeness (QED) is 0.690. The lowest BCUT2D eigenvalue weighted by Gasteiger charge is -2.08. The molecule has 0 amide bonds. The highest BCUT2D eigenvalue weighted by atomic mass is 19.4. The van der Waals surface area contributed by atoms with Crippen molar-refractivity contribution in [1.29, 1.82) is 0 Å². The van der Waals surface area contributed by atoms with Crippen molar-refractivity contribution in [1.82, 2.24) is 10.2 Å². The third kappa shape index (κ3) is 2.15. The van der Waals surface area contributed by atoms with Crippen LogP contribution >= 0.6 is 0 Å². The number of alkyl halides is 3. The highest BCUT2D eigenvalue weighted by Crippen LogP contribution is 2.26. The minimum Gasteiger partial charge on any atom is -0.267 e. The number of H-pyrrole nitrogens is 1. The highest BCUT2D eigenvalue weighted by molar-refractivity contribution is 6.11. The second-order valence-corrected chi connectivity index (χ2v) is 2.82. The van der Waals surface area contributed by atoms with Gasteiger partial charge in [0, 0.05) is 0 Å². The van der Waals surface area contributed by atoms with Crippen molar-refractivity contribution in [2.24, 2.45) is 0 Å². The molecule has 0 saturated heterocycles. The molecule has 1 unspecified atom stereocenters. The predicted octanol–water partition coefficient (Wildman–Crippen LogP) is 1.02. The lowest BCUT2D eigenvalue weighted by atomic mass is 9.86. The molecule has 1 aromatic heterocycles. The summed E-state index contributed by atoms with van der Waals surface area (Å²) < 4.78 is 36.6. The Morgan fingerprint density at radius 2 is 2.14 bits per heavy atom. The first-order valence-corrected chi connectivity index (χ1v) is 3.74. The Hall–Kier alpha value is -1.27. The van der Waals surface area contributed by atoms with Crippen LogP contribution in [0.5, 0.6) is 0 Å². The molecule has 0 aliphatic heterocycles. The van der Waals surface area contributed by atoms with Crippen molar-refractivity contribution in [2.45, 2.75) is 18.9 Å². The normalized spacial score (nSPS) is 14.0. The van der Waals surface area contributed by atoms with Crippen molar-refractivity contribution in [2.75, 3.05) is 0 Å². The molecule has 1 atom stereocenters. The first-order chi connectivity index (χ1) is 6.32. The molecule has 1 N–H and O–H groups in total. The summed E-state index contributed by atoms with van der Waals surface area (Å²) in [5.74, 6) is -0.659. The molecule has 0 aliphatic rings. The van der Waals surface area contributed by atoms with E-state index in [0.717, 1.165) is 0 Å². The SMILES string of the molecule is [B]C(C)c1cc(C(F)(F)F)c(=O)[nH]n1. The summed E-state index contributed by atoms with van der Waals surface area (Å²) in [5, 5.41) is 5.14. The molecule has 0 aliphatic carbocycles. The Morgan fingerprint density at radius 1 is 1.57 bits per heavy atom. The number of rotatable bonds is 1. The summed E-state index contributed by atoms with van der Waals surface area (Å²) in [6.07, 6.45) is -4.68. The Balaban J connectivity index is 3.30. The molecule has 2 radical (unpaired) electrons. The lowest BCUT2D eigenvalue weighted by molar-refractivity contribution is -0.138. The van der Waals surface area contributed by atoms with Gasteiger partial charge in [-0.3, -0.25) is 4.79 Å². The van der Waals surface area contributed by atoms with Gasteiger partial charge in [0.05, 0.1) is 13.5 Å². The van der Waals surface area contributed by atoms with Gasteiger partial charge in [0.15, 0.2) is 0 Å². The maximum Gasteiger partial charge on any atom is 0.421 e. The van der Waals surface area contributed by atoms with E-state index < -0.39 is 23.1 Å². The average Bonchev–Trinajstić information content (AvgIpc) is 2.02. The molecule has 1 heterocycles. The van der Waals surface area contributed by atoms with E-state index in [9.17, 15) is 18.0 Å². The fourth-order valence-corrected chi connectivity index (χ4v) is 0.865. The van der Waals surface area contributed by atoms with Crippen LogP contribution in [-0.4, -0.2) is 18.0 Å². The fourth-order valence-electron chi connectivity index (χ4n) is 0.865. The van der Waals surface area contributed by atoms with E-state index in [0.29, 0.717) is 6.07 Å². The van der Waals surface area contributed by atoms with Gasteiger partial charge in [-0.05, 0) is 11.9 Å². The number of aromatic nitrogens is 2. The number of aromatic amines is 1. The molecule has 0 spiro atoms. The zero-order chi connectivity index (χ0) is 10.9. The zero-order valence-corrected chi connectivity index (χ0v) is 7.22.